The molecule has 184 valence electrons. The van der Waals surface area contributed by atoms with Gasteiger partial charge in [-0.3, -0.25) is 9.69 Å². The number of ether oxygens (including phenoxy) is 3. The van der Waals surface area contributed by atoms with Crippen LogP contribution in [0.2, 0.25) is 0 Å². The standard InChI is InChI=1S/C26H36N4O4/c1-17-6-7-19(14-18(17)2)21-15-22(28-27-21)26(31)30-12-10-29(11-13-30)16-20-8-9-23(32-3)25(34-5)24(20)33-4/h6-9,14,21-22,27-28H,10-13,15-16H2,1-5H3. The normalized spacial score (nSPS) is 20.9. The van der Waals surface area contributed by atoms with E-state index in [0.717, 1.165) is 31.6 Å². The Bertz CT molecular complexity index is 1020. The zero-order valence-electron chi connectivity index (χ0n) is 20.8. The fourth-order valence-corrected chi connectivity index (χ4v) is 4.79. The van der Waals surface area contributed by atoms with Gasteiger partial charge in [-0.05, 0) is 43.0 Å². The summed E-state index contributed by atoms with van der Waals surface area (Å²) < 4.78 is 16.5. The molecule has 2 saturated heterocycles. The second-order valence-electron chi connectivity index (χ2n) is 9.07. The highest BCUT2D eigenvalue weighted by molar-refractivity contribution is 5.82. The Morgan fingerprint density at radius 1 is 0.912 bits per heavy atom. The van der Waals surface area contributed by atoms with Gasteiger partial charge in [0.1, 0.15) is 6.04 Å². The first-order chi connectivity index (χ1) is 16.4. The number of benzene rings is 2. The number of amides is 1. The van der Waals surface area contributed by atoms with Gasteiger partial charge >= 0.3 is 0 Å². The van der Waals surface area contributed by atoms with Crippen molar-refractivity contribution in [3.05, 3.63) is 52.6 Å². The second kappa shape index (κ2) is 10.6. The maximum absolute atomic E-state index is 13.2. The lowest BCUT2D eigenvalue weighted by atomic mass is 9.98. The zero-order chi connectivity index (χ0) is 24.2. The Balaban J connectivity index is 1.33. The summed E-state index contributed by atoms with van der Waals surface area (Å²) in [5, 5.41) is 0. The van der Waals surface area contributed by atoms with Crippen LogP contribution in [0.4, 0.5) is 0 Å². The lowest BCUT2D eigenvalue weighted by Gasteiger charge is -2.36. The molecule has 2 unspecified atom stereocenters. The quantitative estimate of drug-likeness (QED) is 0.647. The monoisotopic (exact) mass is 468 g/mol. The third kappa shape index (κ3) is 4.99. The zero-order valence-corrected chi connectivity index (χ0v) is 20.8. The highest BCUT2D eigenvalue weighted by atomic mass is 16.5. The summed E-state index contributed by atoms with van der Waals surface area (Å²) in [7, 11) is 4.88. The summed E-state index contributed by atoms with van der Waals surface area (Å²) in [6, 6.07) is 10.4. The number of carbonyl (C=O) groups excluding carboxylic acids is 1. The van der Waals surface area contributed by atoms with Gasteiger partial charge in [0.05, 0.1) is 21.3 Å². The smallest absolute Gasteiger partial charge is 0.241 e. The van der Waals surface area contributed by atoms with Crippen LogP contribution in [0.1, 0.15) is 34.7 Å². The minimum Gasteiger partial charge on any atom is -0.493 e. The van der Waals surface area contributed by atoms with Gasteiger partial charge in [0, 0.05) is 44.3 Å². The van der Waals surface area contributed by atoms with Gasteiger partial charge < -0.3 is 19.1 Å². The molecule has 2 aromatic rings. The fraction of sp³-hybridized carbons (Fsp3) is 0.500. The van der Waals surface area contributed by atoms with Crippen molar-refractivity contribution in [3.8, 4) is 17.2 Å². The van der Waals surface area contributed by atoms with Crippen molar-refractivity contribution in [2.45, 2.75) is 38.9 Å². The molecule has 2 atom stereocenters. The average Bonchev–Trinajstić information content (AvgIpc) is 3.35. The number of hydrogen-bond acceptors (Lipinski definition) is 7. The van der Waals surface area contributed by atoms with Crippen molar-refractivity contribution in [1.29, 1.82) is 0 Å². The summed E-state index contributed by atoms with van der Waals surface area (Å²) in [5.41, 5.74) is 11.4. The van der Waals surface area contributed by atoms with Crippen molar-refractivity contribution in [3.63, 3.8) is 0 Å². The van der Waals surface area contributed by atoms with Gasteiger partial charge in [0.15, 0.2) is 11.5 Å². The number of piperazine rings is 1. The largest absolute Gasteiger partial charge is 0.493 e. The highest BCUT2D eigenvalue weighted by Crippen LogP contribution is 2.40. The highest BCUT2D eigenvalue weighted by Gasteiger charge is 2.34. The van der Waals surface area contributed by atoms with Crippen LogP contribution in [-0.2, 0) is 11.3 Å². The maximum atomic E-state index is 13.2. The summed E-state index contributed by atoms with van der Waals surface area (Å²) in [4.78, 5) is 17.5. The summed E-state index contributed by atoms with van der Waals surface area (Å²) in [5.74, 6) is 2.12. The molecule has 0 bridgehead atoms. The number of nitrogens with one attached hydrogen (secondary N) is 2. The Labute approximate surface area is 202 Å². The molecule has 0 spiro atoms. The molecule has 2 aliphatic rings. The van der Waals surface area contributed by atoms with E-state index in [1.165, 1.54) is 16.7 Å². The molecule has 0 saturated carbocycles. The molecule has 0 aliphatic carbocycles. The van der Waals surface area contributed by atoms with Crippen LogP contribution in [0.15, 0.2) is 30.3 Å². The maximum Gasteiger partial charge on any atom is 0.241 e. The number of aryl methyl sites for hydroxylation is 2. The van der Waals surface area contributed by atoms with Crippen LogP contribution in [0.5, 0.6) is 17.2 Å². The molecular formula is C26H36N4O4. The van der Waals surface area contributed by atoms with E-state index in [9.17, 15) is 4.79 Å². The third-order valence-electron chi connectivity index (χ3n) is 7.00. The first-order valence-electron chi connectivity index (χ1n) is 11.8. The minimum atomic E-state index is -0.205. The van der Waals surface area contributed by atoms with E-state index in [4.69, 9.17) is 14.2 Å². The van der Waals surface area contributed by atoms with E-state index in [1.54, 1.807) is 21.3 Å². The molecule has 0 aromatic heterocycles. The molecule has 2 heterocycles. The van der Waals surface area contributed by atoms with Gasteiger partial charge in [-0.15, -0.1) is 0 Å². The fourth-order valence-electron chi connectivity index (χ4n) is 4.79. The molecule has 2 aromatic carbocycles. The van der Waals surface area contributed by atoms with E-state index in [2.05, 4.69) is 47.8 Å². The molecular weight excluding hydrogens is 432 g/mol. The van der Waals surface area contributed by atoms with E-state index in [-0.39, 0.29) is 18.0 Å². The Morgan fingerprint density at radius 2 is 1.65 bits per heavy atom. The van der Waals surface area contributed by atoms with Gasteiger partial charge in [-0.25, -0.2) is 10.9 Å². The average molecular weight is 469 g/mol. The molecule has 34 heavy (non-hydrogen) atoms. The van der Waals surface area contributed by atoms with Crippen LogP contribution in [0.25, 0.3) is 0 Å². The van der Waals surface area contributed by atoms with E-state index in [1.807, 2.05) is 17.0 Å². The van der Waals surface area contributed by atoms with E-state index >= 15 is 0 Å². The molecule has 1 amide bonds. The first kappa shape index (κ1) is 24.3. The molecule has 4 rings (SSSR count). The number of nitrogens with zero attached hydrogens (tertiary/aromatic N) is 2. The van der Waals surface area contributed by atoms with Gasteiger partial charge in [-0.1, -0.05) is 24.3 Å². The molecule has 8 heteroatoms. The second-order valence-corrected chi connectivity index (χ2v) is 9.07. The minimum absolute atomic E-state index is 0.145. The molecule has 2 fully saturated rings. The molecule has 2 aliphatic heterocycles. The molecule has 2 N–H and O–H groups in total. The van der Waals surface area contributed by atoms with Crippen LogP contribution in [0, 0.1) is 13.8 Å². The number of carbonyl (C=O) groups is 1. The number of methoxy groups -OCH3 is 3. The summed E-state index contributed by atoms with van der Waals surface area (Å²) in [6.07, 6.45) is 0.754. The van der Waals surface area contributed by atoms with Crippen LogP contribution < -0.4 is 25.1 Å². The molecule has 0 radical (unpaired) electrons. The van der Waals surface area contributed by atoms with Gasteiger partial charge in [0.2, 0.25) is 11.7 Å². The Morgan fingerprint density at radius 3 is 2.29 bits per heavy atom. The Hall–Kier alpha value is -2.81. The van der Waals surface area contributed by atoms with Crippen molar-refractivity contribution in [2.75, 3.05) is 47.5 Å². The van der Waals surface area contributed by atoms with Crippen LogP contribution in [-0.4, -0.2) is 69.3 Å². The molecule has 8 nitrogen and oxygen atoms in total. The Kier molecular flexibility index (Phi) is 7.60. The summed E-state index contributed by atoms with van der Waals surface area (Å²) >= 11 is 0. The third-order valence-corrected chi connectivity index (χ3v) is 7.00. The van der Waals surface area contributed by atoms with Crippen LogP contribution in [0.3, 0.4) is 0 Å². The lowest BCUT2D eigenvalue weighted by Crippen LogP contribution is -2.53. The van der Waals surface area contributed by atoms with Crippen molar-refractivity contribution in [1.82, 2.24) is 20.7 Å². The van der Waals surface area contributed by atoms with E-state index in [0.29, 0.717) is 30.3 Å². The predicted molar refractivity (Wildman–Crippen MR) is 131 cm³/mol. The van der Waals surface area contributed by atoms with Crippen LogP contribution >= 0.6 is 0 Å². The predicted octanol–water partition coefficient (Wildman–Crippen LogP) is 2.58. The van der Waals surface area contributed by atoms with Crippen molar-refractivity contribution < 1.29 is 19.0 Å². The lowest BCUT2D eigenvalue weighted by molar-refractivity contribution is -0.135. The SMILES string of the molecule is COc1ccc(CN2CCN(C(=O)C3CC(c4ccc(C)c(C)c4)NN3)CC2)c(OC)c1OC. The number of hydrogen-bond donors (Lipinski definition) is 2. The van der Waals surface area contributed by atoms with Crippen molar-refractivity contribution >= 4 is 5.91 Å². The summed E-state index contributed by atoms with van der Waals surface area (Å²) in [6.45, 7) is 8.01. The number of rotatable bonds is 7. The van der Waals surface area contributed by atoms with Crippen molar-refractivity contribution in [2.24, 2.45) is 0 Å². The van der Waals surface area contributed by atoms with E-state index < -0.39 is 0 Å². The van der Waals surface area contributed by atoms with Gasteiger partial charge in [0.25, 0.3) is 0 Å². The topological polar surface area (TPSA) is 75.3 Å². The van der Waals surface area contributed by atoms with Gasteiger partial charge in [-0.2, -0.15) is 0 Å². The number of hydrazine groups is 1. The first-order valence-corrected chi connectivity index (χ1v) is 11.8.